The van der Waals surface area contributed by atoms with E-state index in [2.05, 4.69) is 20.0 Å². The molecule has 2 heterocycles. The SMILES string of the molecule is O=C(Nc1nc(-c2ccccc2OC(F)F)cs1)c1ccc(SCc2cccnc2)cc1. The summed E-state index contributed by atoms with van der Waals surface area (Å²) in [5.74, 6) is 0.523. The van der Waals surface area contributed by atoms with Gasteiger partial charge in [-0.1, -0.05) is 18.2 Å². The van der Waals surface area contributed by atoms with E-state index in [0.717, 1.165) is 16.2 Å². The number of rotatable bonds is 8. The number of amides is 1. The molecule has 5 nitrogen and oxygen atoms in total. The summed E-state index contributed by atoms with van der Waals surface area (Å²) >= 11 is 2.86. The molecule has 0 bridgehead atoms. The van der Waals surface area contributed by atoms with E-state index in [9.17, 15) is 13.6 Å². The van der Waals surface area contributed by atoms with Crippen molar-refractivity contribution in [2.24, 2.45) is 0 Å². The van der Waals surface area contributed by atoms with Crippen molar-refractivity contribution in [3.05, 3.63) is 89.6 Å². The molecular weight excluding hydrogens is 452 g/mol. The number of nitrogens with zero attached hydrogens (tertiary/aromatic N) is 2. The van der Waals surface area contributed by atoms with Gasteiger partial charge in [0, 0.05) is 39.5 Å². The molecule has 0 radical (unpaired) electrons. The van der Waals surface area contributed by atoms with Gasteiger partial charge >= 0.3 is 6.61 Å². The summed E-state index contributed by atoms with van der Waals surface area (Å²) in [4.78, 5) is 22.1. The maximum Gasteiger partial charge on any atom is 0.387 e. The van der Waals surface area contributed by atoms with Crippen LogP contribution in [0.4, 0.5) is 13.9 Å². The molecule has 0 saturated heterocycles. The number of carbonyl (C=O) groups excluding carboxylic acids is 1. The highest BCUT2D eigenvalue weighted by Gasteiger charge is 2.15. The molecule has 2 aromatic carbocycles. The number of para-hydroxylation sites is 1. The molecule has 9 heteroatoms. The minimum Gasteiger partial charge on any atom is -0.434 e. The highest BCUT2D eigenvalue weighted by atomic mass is 32.2. The normalized spacial score (nSPS) is 10.8. The van der Waals surface area contributed by atoms with E-state index in [-0.39, 0.29) is 11.7 Å². The van der Waals surface area contributed by atoms with Crippen molar-refractivity contribution in [3.8, 4) is 17.0 Å². The van der Waals surface area contributed by atoms with Gasteiger partial charge < -0.3 is 4.74 Å². The summed E-state index contributed by atoms with van der Waals surface area (Å²) in [7, 11) is 0. The molecule has 1 amide bonds. The number of benzene rings is 2. The van der Waals surface area contributed by atoms with Gasteiger partial charge in [0.2, 0.25) is 0 Å². The van der Waals surface area contributed by atoms with Crippen molar-refractivity contribution >= 4 is 34.1 Å². The second-order valence-corrected chi connectivity index (χ2v) is 8.45. The van der Waals surface area contributed by atoms with E-state index >= 15 is 0 Å². The second kappa shape index (κ2) is 10.3. The molecule has 0 fully saturated rings. The van der Waals surface area contributed by atoms with Crippen LogP contribution in [0.1, 0.15) is 15.9 Å². The van der Waals surface area contributed by atoms with E-state index in [0.29, 0.717) is 22.0 Å². The lowest BCUT2D eigenvalue weighted by Gasteiger charge is -2.08. The first-order valence-corrected chi connectivity index (χ1v) is 11.4. The lowest BCUT2D eigenvalue weighted by Crippen LogP contribution is -2.11. The minimum atomic E-state index is -2.93. The van der Waals surface area contributed by atoms with Crippen molar-refractivity contribution in [3.63, 3.8) is 0 Å². The second-order valence-electron chi connectivity index (χ2n) is 6.54. The molecule has 4 aromatic rings. The Balaban J connectivity index is 1.39. The molecule has 2 aromatic heterocycles. The van der Waals surface area contributed by atoms with Crippen LogP contribution in [-0.4, -0.2) is 22.5 Å². The molecule has 0 unspecified atom stereocenters. The smallest absolute Gasteiger partial charge is 0.387 e. The lowest BCUT2D eigenvalue weighted by molar-refractivity contribution is -0.0494. The fraction of sp³-hybridized carbons (Fsp3) is 0.0870. The number of hydrogen-bond acceptors (Lipinski definition) is 6. The minimum absolute atomic E-state index is 0.0325. The Bertz CT molecular complexity index is 1190. The van der Waals surface area contributed by atoms with Gasteiger partial charge in [-0.3, -0.25) is 15.1 Å². The summed E-state index contributed by atoms with van der Waals surface area (Å²) in [5.41, 5.74) is 2.50. The molecular formula is C23H17F2N3O2S2. The summed E-state index contributed by atoms with van der Waals surface area (Å²) in [6.07, 6.45) is 3.57. The number of anilines is 1. The van der Waals surface area contributed by atoms with Gasteiger partial charge in [-0.2, -0.15) is 8.78 Å². The van der Waals surface area contributed by atoms with Crippen LogP contribution >= 0.6 is 23.1 Å². The van der Waals surface area contributed by atoms with E-state index in [1.54, 1.807) is 53.7 Å². The Morgan fingerprint density at radius 1 is 1.09 bits per heavy atom. The molecule has 162 valence electrons. The van der Waals surface area contributed by atoms with E-state index in [1.807, 2.05) is 30.5 Å². The first-order valence-electron chi connectivity index (χ1n) is 9.51. The average Bonchev–Trinajstić information content (AvgIpc) is 3.27. The van der Waals surface area contributed by atoms with Gasteiger partial charge in [-0.25, -0.2) is 4.98 Å². The van der Waals surface area contributed by atoms with E-state index in [1.165, 1.54) is 17.4 Å². The lowest BCUT2D eigenvalue weighted by atomic mass is 10.1. The Hall–Kier alpha value is -3.30. The molecule has 0 saturated carbocycles. The van der Waals surface area contributed by atoms with Crippen LogP contribution in [0.3, 0.4) is 0 Å². The highest BCUT2D eigenvalue weighted by Crippen LogP contribution is 2.33. The maximum absolute atomic E-state index is 12.6. The predicted molar refractivity (Wildman–Crippen MR) is 122 cm³/mol. The van der Waals surface area contributed by atoms with Crippen molar-refractivity contribution in [1.82, 2.24) is 9.97 Å². The number of thioether (sulfide) groups is 1. The Kier molecular flexibility index (Phi) is 7.08. The van der Waals surface area contributed by atoms with Gasteiger partial charge in [0.25, 0.3) is 5.91 Å². The zero-order chi connectivity index (χ0) is 22.3. The zero-order valence-electron chi connectivity index (χ0n) is 16.6. The highest BCUT2D eigenvalue weighted by molar-refractivity contribution is 7.98. The molecule has 0 aliphatic carbocycles. The number of ether oxygens (including phenoxy) is 1. The van der Waals surface area contributed by atoms with E-state index in [4.69, 9.17) is 0 Å². The van der Waals surface area contributed by atoms with Crippen molar-refractivity contribution in [1.29, 1.82) is 0 Å². The van der Waals surface area contributed by atoms with Crippen LogP contribution in [0, 0.1) is 0 Å². The number of nitrogens with one attached hydrogen (secondary N) is 1. The molecule has 1 N–H and O–H groups in total. The average molecular weight is 470 g/mol. The van der Waals surface area contributed by atoms with Crippen LogP contribution in [0.25, 0.3) is 11.3 Å². The maximum atomic E-state index is 12.6. The molecule has 4 rings (SSSR count). The Labute approximate surface area is 191 Å². The van der Waals surface area contributed by atoms with E-state index < -0.39 is 6.61 Å². The van der Waals surface area contributed by atoms with Crippen LogP contribution in [-0.2, 0) is 5.75 Å². The summed E-state index contributed by atoms with van der Waals surface area (Å²) in [5, 5.41) is 4.80. The van der Waals surface area contributed by atoms with Gasteiger partial charge in [0.15, 0.2) is 5.13 Å². The van der Waals surface area contributed by atoms with Gasteiger partial charge in [-0.05, 0) is 48.0 Å². The Morgan fingerprint density at radius 3 is 2.66 bits per heavy atom. The monoisotopic (exact) mass is 469 g/mol. The fourth-order valence-electron chi connectivity index (χ4n) is 2.85. The summed E-state index contributed by atoms with van der Waals surface area (Å²) < 4.78 is 29.8. The number of pyridine rings is 1. The number of hydrogen-bond donors (Lipinski definition) is 1. The third kappa shape index (κ3) is 5.68. The van der Waals surface area contributed by atoms with Crippen molar-refractivity contribution < 1.29 is 18.3 Å². The fourth-order valence-corrected chi connectivity index (χ4v) is 4.39. The van der Waals surface area contributed by atoms with Crippen LogP contribution in [0.5, 0.6) is 5.75 Å². The van der Waals surface area contributed by atoms with Crippen molar-refractivity contribution in [2.75, 3.05) is 5.32 Å². The van der Waals surface area contributed by atoms with Crippen LogP contribution < -0.4 is 10.1 Å². The van der Waals surface area contributed by atoms with Gasteiger partial charge in [0.05, 0.1) is 5.69 Å². The van der Waals surface area contributed by atoms with Crippen LogP contribution in [0.15, 0.2) is 83.3 Å². The summed E-state index contributed by atoms with van der Waals surface area (Å²) in [6, 6.07) is 17.6. The number of aromatic nitrogens is 2. The molecule has 32 heavy (non-hydrogen) atoms. The quantitative estimate of drug-likeness (QED) is 0.305. The summed E-state index contributed by atoms with van der Waals surface area (Å²) in [6.45, 7) is -2.93. The first kappa shape index (κ1) is 21.9. The third-order valence-corrected chi connectivity index (χ3v) is 6.19. The first-order chi connectivity index (χ1) is 15.6. The molecule has 0 atom stereocenters. The zero-order valence-corrected chi connectivity index (χ0v) is 18.2. The Morgan fingerprint density at radius 2 is 1.91 bits per heavy atom. The number of halogens is 2. The third-order valence-electron chi connectivity index (χ3n) is 4.35. The van der Waals surface area contributed by atoms with Gasteiger partial charge in [0.1, 0.15) is 5.75 Å². The molecule has 0 aliphatic heterocycles. The number of alkyl halides is 2. The number of carbonyl (C=O) groups is 1. The molecule has 0 aliphatic rings. The molecule has 0 spiro atoms. The number of thiazole rings is 1. The largest absolute Gasteiger partial charge is 0.434 e. The predicted octanol–water partition coefficient (Wildman–Crippen LogP) is 6.35. The topological polar surface area (TPSA) is 64.1 Å². The van der Waals surface area contributed by atoms with Crippen LogP contribution in [0.2, 0.25) is 0 Å². The van der Waals surface area contributed by atoms with Gasteiger partial charge in [-0.15, -0.1) is 23.1 Å². The standard InChI is InChI=1S/C23H17F2N3O2S2/c24-22(25)30-20-6-2-1-5-18(20)19-14-32-23(27-19)28-21(29)16-7-9-17(10-8-16)31-13-15-4-3-11-26-12-15/h1-12,14,22H,13H2,(H,27,28,29). The van der Waals surface area contributed by atoms with Crippen molar-refractivity contribution in [2.45, 2.75) is 17.3 Å².